The van der Waals surface area contributed by atoms with Crippen molar-refractivity contribution in [3.05, 3.63) is 0 Å². The van der Waals surface area contributed by atoms with Crippen molar-refractivity contribution in [3.8, 4) is 0 Å². The fraction of sp³-hybridized carbons (Fsp3) is 0.846. The van der Waals surface area contributed by atoms with Gasteiger partial charge in [0.25, 0.3) is 0 Å². The van der Waals surface area contributed by atoms with Crippen molar-refractivity contribution in [3.63, 3.8) is 0 Å². The summed E-state index contributed by atoms with van der Waals surface area (Å²) in [5.41, 5.74) is 1.04. The molecule has 1 aliphatic heterocycles. The molecule has 0 N–H and O–H groups in total. The maximum Gasteiger partial charge on any atom is 0.151 e. The molecule has 0 radical (unpaired) electrons. The Bertz CT molecular complexity index is 357. The summed E-state index contributed by atoms with van der Waals surface area (Å²) in [7, 11) is 7.88. The summed E-state index contributed by atoms with van der Waals surface area (Å²) in [4.78, 5) is 13.3. The van der Waals surface area contributed by atoms with Gasteiger partial charge in [-0.05, 0) is 42.2 Å². The van der Waals surface area contributed by atoms with E-state index in [9.17, 15) is 0 Å². The van der Waals surface area contributed by atoms with Gasteiger partial charge in [-0.1, -0.05) is 22.4 Å². The maximum absolute atomic E-state index is 4.40. The van der Waals surface area contributed by atoms with E-state index in [0.29, 0.717) is 0 Å². The lowest BCUT2D eigenvalue weighted by atomic mass is 10.1. The first-order chi connectivity index (χ1) is 9.01. The van der Waals surface area contributed by atoms with Crippen LogP contribution in [0.15, 0.2) is 9.98 Å². The van der Waals surface area contributed by atoms with Crippen LogP contribution in [0.4, 0.5) is 0 Å². The van der Waals surface area contributed by atoms with Gasteiger partial charge in [0.2, 0.25) is 0 Å². The van der Waals surface area contributed by atoms with Gasteiger partial charge in [-0.25, -0.2) is 0 Å². The molecule has 0 amide bonds. The minimum absolute atomic E-state index is 0.150. The summed E-state index contributed by atoms with van der Waals surface area (Å²) in [6.07, 6.45) is 4.74. The van der Waals surface area contributed by atoms with Crippen molar-refractivity contribution in [1.29, 1.82) is 0 Å². The fourth-order valence-electron chi connectivity index (χ4n) is 2.46. The van der Waals surface area contributed by atoms with Crippen molar-refractivity contribution in [1.82, 2.24) is 9.80 Å². The summed E-state index contributed by atoms with van der Waals surface area (Å²) in [5.74, 6) is 0.984. The zero-order valence-corrected chi connectivity index (χ0v) is 15.5. The molecule has 4 nitrogen and oxygen atoms in total. The van der Waals surface area contributed by atoms with E-state index in [1.807, 2.05) is 14.1 Å². The second kappa shape index (κ2) is 7.74. The van der Waals surface area contributed by atoms with Gasteiger partial charge < -0.3 is 4.90 Å². The molecular weight excluding hydrogens is 372 g/mol. The minimum atomic E-state index is -0.150. The Morgan fingerprint density at radius 3 is 2.37 bits per heavy atom. The smallest absolute Gasteiger partial charge is 0.151 e. The molecule has 0 aromatic carbocycles. The first kappa shape index (κ1) is 17.1. The Kier molecular flexibility index (Phi) is 6.97. The predicted molar refractivity (Wildman–Crippen MR) is 91.0 cm³/mol. The maximum atomic E-state index is 4.40. The van der Waals surface area contributed by atoms with Crippen LogP contribution in [0.5, 0.6) is 0 Å². The van der Waals surface area contributed by atoms with Crippen LogP contribution in [-0.2, 0) is 0 Å². The lowest BCUT2D eigenvalue weighted by molar-refractivity contribution is 0.104. The molecule has 1 aliphatic rings. The minimum Gasteiger partial charge on any atom is -0.331 e. The van der Waals surface area contributed by atoms with Gasteiger partial charge in [-0.15, -0.1) is 0 Å². The predicted octanol–water partition coefficient (Wildman–Crippen LogP) is 2.97. The van der Waals surface area contributed by atoms with Gasteiger partial charge in [0.15, 0.2) is 4.57 Å². The highest BCUT2D eigenvalue weighted by Gasteiger charge is 2.42. The van der Waals surface area contributed by atoms with Gasteiger partial charge in [-0.3, -0.25) is 14.9 Å². The van der Waals surface area contributed by atoms with Crippen molar-refractivity contribution >= 4 is 43.4 Å². The molecule has 1 atom stereocenters. The summed E-state index contributed by atoms with van der Waals surface area (Å²) in [6, 6.07) is 0. The van der Waals surface area contributed by atoms with Gasteiger partial charge in [0.05, 0.1) is 5.71 Å². The first-order valence-corrected chi connectivity index (χ1v) is 8.55. The van der Waals surface area contributed by atoms with Gasteiger partial charge >= 0.3 is 0 Å². The van der Waals surface area contributed by atoms with E-state index in [2.05, 4.69) is 65.7 Å². The number of amidine groups is 1. The normalized spacial score (nSPS) is 29.5. The molecule has 6 heteroatoms. The van der Waals surface area contributed by atoms with Crippen LogP contribution in [-0.4, -0.2) is 66.0 Å². The van der Waals surface area contributed by atoms with Crippen molar-refractivity contribution < 1.29 is 0 Å². The number of aliphatic imine (C=N–C) groups is 2. The van der Waals surface area contributed by atoms with Crippen LogP contribution in [0, 0.1) is 0 Å². The summed E-state index contributed by atoms with van der Waals surface area (Å²) in [6.45, 7) is 0.831. The molecule has 0 saturated carbocycles. The molecule has 1 rings (SSSR count). The van der Waals surface area contributed by atoms with Crippen LogP contribution >= 0.6 is 31.9 Å². The molecule has 0 aromatic rings. The van der Waals surface area contributed by atoms with E-state index in [0.717, 1.165) is 29.8 Å². The van der Waals surface area contributed by atoms with Crippen LogP contribution in [0.2, 0.25) is 0 Å². The third kappa shape index (κ3) is 3.79. The van der Waals surface area contributed by atoms with Gasteiger partial charge in [0, 0.05) is 33.0 Å². The largest absolute Gasteiger partial charge is 0.331 e. The number of hydrogen-bond donors (Lipinski definition) is 0. The van der Waals surface area contributed by atoms with Crippen LogP contribution < -0.4 is 0 Å². The molecule has 1 saturated heterocycles. The van der Waals surface area contributed by atoms with E-state index in [-0.39, 0.29) is 4.57 Å². The van der Waals surface area contributed by atoms with E-state index < -0.39 is 0 Å². The Hall–Kier alpha value is 0.0600. The molecule has 19 heavy (non-hydrogen) atoms. The Labute approximate surface area is 133 Å². The number of hydrogen-bond acceptors (Lipinski definition) is 3. The Balaban J connectivity index is 2.81. The van der Waals surface area contributed by atoms with Crippen LogP contribution in [0.3, 0.4) is 0 Å². The average molecular weight is 396 g/mol. The van der Waals surface area contributed by atoms with Crippen molar-refractivity contribution in [2.45, 2.75) is 30.3 Å². The molecular formula is C13H24Br2N4. The Morgan fingerprint density at radius 1 is 1.16 bits per heavy atom. The quantitative estimate of drug-likeness (QED) is 0.407. The highest BCUT2D eigenvalue weighted by atomic mass is 79.9. The second-order valence-electron chi connectivity index (χ2n) is 4.85. The lowest BCUT2D eigenvalue weighted by Crippen LogP contribution is -2.63. The van der Waals surface area contributed by atoms with Crippen LogP contribution in [0.1, 0.15) is 25.7 Å². The fourth-order valence-corrected chi connectivity index (χ4v) is 3.43. The highest BCUT2D eigenvalue weighted by molar-refractivity contribution is 9.10. The number of rotatable bonds is 5. The Morgan fingerprint density at radius 2 is 1.84 bits per heavy atom. The van der Waals surface area contributed by atoms with E-state index in [1.54, 1.807) is 0 Å². The molecule has 0 bridgehead atoms. The van der Waals surface area contributed by atoms with E-state index in [1.165, 1.54) is 19.3 Å². The van der Waals surface area contributed by atoms with E-state index >= 15 is 0 Å². The zero-order valence-electron chi connectivity index (χ0n) is 12.3. The zero-order chi connectivity index (χ0) is 14.5. The third-order valence-electron chi connectivity index (χ3n) is 3.67. The molecule has 0 spiro atoms. The summed E-state index contributed by atoms with van der Waals surface area (Å²) in [5, 5.41) is 1.09. The van der Waals surface area contributed by atoms with Crippen molar-refractivity contribution in [2.24, 2.45) is 9.98 Å². The molecule has 1 fully saturated rings. The van der Waals surface area contributed by atoms with Crippen molar-refractivity contribution in [2.75, 3.05) is 40.1 Å². The first-order valence-electron chi connectivity index (χ1n) is 6.64. The second-order valence-corrected chi connectivity index (χ2v) is 6.91. The molecule has 1 heterocycles. The SMILES string of the molecule is CN=C1CN(C)C(Br)(CCCCCBr)N(C)C1=NC. The number of nitrogens with zero attached hydrogens (tertiary/aromatic N) is 4. The monoisotopic (exact) mass is 394 g/mol. The standard InChI is InChI=1S/C13H24Br2N4/c1-16-11-10-18(3)13(15,8-6-5-7-9-14)19(4)12(11)17-2/h5-10H2,1-4H3. The highest BCUT2D eigenvalue weighted by Crippen LogP contribution is 2.35. The molecule has 0 aliphatic carbocycles. The van der Waals surface area contributed by atoms with E-state index in [4.69, 9.17) is 0 Å². The number of alkyl halides is 2. The number of halogens is 2. The molecule has 0 aromatic heterocycles. The van der Waals surface area contributed by atoms with Crippen LogP contribution in [0.25, 0.3) is 0 Å². The third-order valence-corrected chi connectivity index (χ3v) is 5.77. The molecule has 110 valence electrons. The number of unbranched alkanes of at least 4 members (excludes halogenated alkanes) is 2. The lowest BCUT2D eigenvalue weighted by Gasteiger charge is -2.49. The average Bonchev–Trinajstić information content (AvgIpc) is 2.41. The molecule has 1 unspecified atom stereocenters. The summed E-state index contributed by atoms with van der Waals surface area (Å²) < 4.78 is -0.150. The topological polar surface area (TPSA) is 31.2 Å². The van der Waals surface area contributed by atoms with Gasteiger partial charge in [-0.2, -0.15) is 0 Å². The van der Waals surface area contributed by atoms with Gasteiger partial charge in [0.1, 0.15) is 5.84 Å². The summed E-state index contributed by atoms with van der Waals surface area (Å²) >= 11 is 7.40.